The Morgan fingerprint density at radius 1 is 1.18 bits per heavy atom. The van der Waals surface area contributed by atoms with Crippen LogP contribution in [0.1, 0.15) is 59.8 Å². The maximum Gasteiger partial charge on any atom is 0.163 e. The number of aromatic nitrogens is 3. The van der Waals surface area contributed by atoms with Gasteiger partial charge in [-0.15, -0.1) is 0 Å². The van der Waals surface area contributed by atoms with Gasteiger partial charge in [-0.3, -0.25) is 14.9 Å². The van der Waals surface area contributed by atoms with Crippen molar-refractivity contribution in [3.8, 4) is 11.3 Å². The Balaban J connectivity index is 1.35. The fourth-order valence-corrected chi connectivity index (χ4v) is 5.25. The summed E-state index contributed by atoms with van der Waals surface area (Å²) in [6.45, 7) is 1.94. The second kappa shape index (κ2) is 9.12. The fourth-order valence-electron chi connectivity index (χ4n) is 5.25. The van der Waals surface area contributed by atoms with Crippen LogP contribution >= 0.6 is 0 Å². The summed E-state index contributed by atoms with van der Waals surface area (Å²) in [6, 6.07) is 18.8. The van der Waals surface area contributed by atoms with Crippen LogP contribution in [0.25, 0.3) is 22.2 Å². The first-order valence-electron chi connectivity index (χ1n) is 11.8. The molecule has 0 amide bonds. The molecule has 0 radical (unpaired) electrons. The number of hydrogen-bond acceptors (Lipinski definition) is 5. The molecule has 6 nitrogen and oxygen atoms in total. The molecule has 2 aromatic carbocycles. The third-order valence-corrected chi connectivity index (χ3v) is 7.02. The third kappa shape index (κ3) is 4.39. The van der Waals surface area contributed by atoms with E-state index in [1.807, 2.05) is 67.6 Å². The van der Waals surface area contributed by atoms with Crippen molar-refractivity contribution >= 4 is 16.7 Å². The summed E-state index contributed by atoms with van der Waals surface area (Å²) in [4.78, 5) is 17.5. The van der Waals surface area contributed by atoms with Crippen LogP contribution in [0.4, 0.5) is 0 Å². The lowest BCUT2D eigenvalue weighted by molar-refractivity contribution is -0.111. The standard InChI is InChI=1S/C28H29N3O3/c1-18-14-22(11-13-29-18)26-23-16-21(9-10-24(23)30-31-26)25(32)15-19-6-5-12-28(34,17-19)27(33)20-7-3-2-4-8-20/h2-4,7-11,13-14,16,19,27,33-34H,5-6,12,15,17H2,1H3,(H,30,31). The van der Waals surface area contributed by atoms with Crippen molar-refractivity contribution in [1.29, 1.82) is 0 Å². The van der Waals surface area contributed by atoms with Crippen LogP contribution < -0.4 is 0 Å². The zero-order valence-corrected chi connectivity index (χ0v) is 19.2. The third-order valence-electron chi connectivity index (χ3n) is 7.02. The van der Waals surface area contributed by atoms with E-state index in [-0.39, 0.29) is 11.7 Å². The van der Waals surface area contributed by atoms with E-state index in [0.717, 1.165) is 40.7 Å². The number of Topliss-reactive ketones (excluding diaryl/α,β-unsaturated/α-hetero) is 1. The molecule has 6 heteroatoms. The Morgan fingerprint density at radius 2 is 2.00 bits per heavy atom. The van der Waals surface area contributed by atoms with E-state index in [0.29, 0.717) is 30.4 Å². The van der Waals surface area contributed by atoms with Gasteiger partial charge in [-0.2, -0.15) is 5.10 Å². The minimum absolute atomic E-state index is 0.0203. The lowest BCUT2D eigenvalue weighted by atomic mass is 9.72. The van der Waals surface area contributed by atoms with Crippen molar-refractivity contribution in [2.24, 2.45) is 5.92 Å². The molecule has 34 heavy (non-hydrogen) atoms. The number of carbonyl (C=O) groups is 1. The van der Waals surface area contributed by atoms with E-state index < -0.39 is 11.7 Å². The van der Waals surface area contributed by atoms with Gasteiger partial charge in [0.25, 0.3) is 0 Å². The zero-order chi connectivity index (χ0) is 23.7. The smallest absolute Gasteiger partial charge is 0.163 e. The van der Waals surface area contributed by atoms with Crippen LogP contribution in [0.15, 0.2) is 66.9 Å². The average molecular weight is 456 g/mol. The number of nitrogens with one attached hydrogen (secondary N) is 1. The van der Waals surface area contributed by atoms with Gasteiger partial charge >= 0.3 is 0 Å². The summed E-state index contributed by atoms with van der Waals surface area (Å²) < 4.78 is 0. The van der Waals surface area contributed by atoms with Crippen molar-refractivity contribution in [3.05, 3.63) is 83.7 Å². The number of carbonyl (C=O) groups excluding carboxylic acids is 1. The number of aliphatic hydroxyl groups excluding tert-OH is 1. The highest BCUT2D eigenvalue weighted by molar-refractivity contribution is 6.02. The number of ketones is 1. The molecule has 0 aliphatic heterocycles. The number of hydrogen-bond donors (Lipinski definition) is 3. The first-order valence-corrected chi connectivity index (χ1v) is 11.8. The molecule has 5 rings (SSSR count). The second-order valence-corrected chi connectivity index (χ2v) is 9.52. The summed E-state index contributed by atoms with van der Waals surface area (Å²) in [5.74, 6) is 0.0652. The summed E-state index contributed by atoms with van der Waals surface area (Å²) in [6.07, 6.45) is 3.73. The molecule has 1 fully saturated rings. The molecular weight excluding hydrogens is 426 g/mol. The molecule has 1 aliphatic rings. The summed E-state index contributed by atoms with van der Waals surface area (Å²) in [5.41, 5.74) is 3.66. The molecule has 0 saturated heterocycles. The number of aryl methyl sites for hydroxylation is 1. The molecule has 0 spiro atoms. The minimum Gasteiger partial charge on any atom is -0.387 e. The van der Waals surface area contributed by atoms with Crippen LogP contribution in [-0.4, -0.2) is 36.8 Å². The number of fused-ring (bicyclic) bond motifs is 1. The first kappa shape index (κ1) is 22.4. The molecule has 3 atom stereocenters. The van der Waals surface area contributed by atoms with Gasteiger partial charge in [0.15, 0.2) is 5.78 Å². The van der Waals surface area contributed by atoms with E-state index >= 15 is 0 Å². The molecule has 3 N–H and O–H groups in total. The van der Waals surface area contributed by atoms with Crippen molar-refractivity contribution in [3.63, 3.8) is 0 Å². The molecule has 3 unspecified atom stereocenters. The van der Waals surface area contributed by atoms with Crippen LogP contribution in [0.5, 0.6) is 0 Å². The van der Waals surface area contributed by atoms with E-state index in [2.05, 4.69) is 15.2 Å². The van der Waals surface area contributed by atoms with Gasteiger partial charge < -0.3 is 10.2 Å². The highest BCUT2D eigenvalue weighted by atomic mass is 16.3. The Kier molecular flexibility index (Phi) is 6.02. The number of aromatic amines is 1. The molecule has 2 heterocycles. The average Bonchev–Trinajstić information content (AvgIpc) is 3.27. The second-order valence-electron chi connectivity index (χ2n) is 9.52. The largest absolute Gasteiger partial charge is 0.387 e. The number of benzene rings is 2. The predicted molar refractivity (Wildman–Crippen MR) is 131 cm³/mol. The van der Waals surface area contributed by atoms with E-state index in [1.54, 1.807) is 6.20 Å². The lowest BCUT2D eigenvalue weighted by Crippen LogP contribution is -2.41. The quantitative estimate of drug-likeness (QED) is 0.349. The molecular formula is C28H29N3O3. The molecule has 0 bridgehead atoms. The number of rotatable bonds is 6. The molecule has 4 aromatic rings. The predicted octanol–water partition coefficient (Wildman–Crippen LogP) is 5.16. The summed E-state index contributed by atoms with van der Waals surface area (Å²) >= 11 is 0. The van der Waals surface area contributed by atoms with E-state index in [9.17, 15) is 15.0 Å². The monoisotopic (exact) mass is 455 g/mol. The number of H-pyrrole nitrogens is 1. The summed E-state index contributed by atoms with van der Waals surface area (Å²) in [7, 11) is 0. The fraction of sp³-hybridized carbons (Fsp3) is 0.321. The SMILES string of the molecule is Cc1cc(-c2n[nH]c3ccc(C(=O)CC4CCCC(O)(C(O)c5ccccc5)C4)cc23)ccn1. The van der Waals surface area contributed by atoms with Gasteiger partial charge in [0.2, 0.25) is 0 Å². The molecule has 2 aromatic heterocycles. The normalized spacial score (nSPS) is 21.4. The molecule has 1 aliphatic carbocycles. The van der Waals surface area contributed by atoms with Crippen molar-refractivity contribution in [2.75, 3.05) is 0 Å². The van der Waals surface area contributed by atoms with Gasteiger partial charge in [0.1, 0.15) is 11.8 Å². The van der Waals surface area contributed by atoms with Gasteiger partial charge in [-0.25, -0.2) is 0 Å². The topological polar surface area (TPSA) is 99.1 Å². The number of nitrogens with zero attached hydrogens (tertiary/aromatic N) is 2. The zero-order valence-electron chi connectivity index (χ0n) is 19.2. The number of aliphatic hydroxyl groups is 2. The van der Waals surface area contributed by atoms with Crippen LogP contribution in [0.3, 0.4) is 0 Å². The first-order chi connectivity index (χ1) is 16.4. The Bertz CT molecular complexity index is 1320. The van der Waals surface area contributed by atoms with Crippen molar-refractivity contribution < 1.29 is 15.0 Å². The van der Waals surface area contributed by atoms with Gasteiger partial charge in [-0.1, -0.05) is 36.8 Å². The minimum atomic E-state index is -1.22. The maximum absolute atomic E-state index is 13.2. The maximum atomic E-state index is 13.2. The Morgan fingerprint density at radius 3 is 2.79 bits per heavy atom. The Labute approximate surface area is 198 Å². The van der Waals surface area contributed by atoms with Gasteiger partial charge in [0, 0.05) is 34.8 Å². The van der Waals surface area contributed by atoms with Crippen molar-refractivity contribution in [1.82, 2.24) is 15.2 Å². The van der Waals surface area contributed by atoms with Crippen LogP contribution in [0, 0.1) is 12.8 Å². The van der Waals surface area contributed by atoms with E-state index in [4.69, 9.17) is 0 Å². The van der Waals surface area contributed by atoms with Crippen molar-refractivity contribution in [2.45, 2.75) is 50.7 Å². The van der Waals surface area contributed by atoms with Crippen LogP contribution in [0.2, 0.25) is 0 Å². The molecule has 1 saturated carbocycles. The van der Waals surface area contributed by atoms with E-state index in [1.165, 1.54) is 0 Å². The summed E-state index contributed by atoms with van der Waals surface area (Å²) in [5, 5.41) is 30.6. The Hall–Kier alpha value is -3.35. The van der Waals surface area contributed by atoms with Crippen LogP contribution in [-0.2, 0) is 0 Å². The lowest BCUT2D eigenvalue weighted by Gasteiger charge is -2.40. The highest BCUT2D eigenvalue weighted by Gasteiger charge is 2.41. The van der Waals surface area contributed by atoms with Gasteiger partial charge in [0.05, 0.1) is 11.1 Å². The molecule has 174 valence electrons. The number of pyridine rings is 1. The highest BCUT2D eigenvalue weighted by Crippen LogP contribution is 2.42. The van der Waals surface area contributed by atoms with Gasteiger partial charge in [-0.05, 0) is 68.0 Å².